The van der Waals surface area contributed by atoms with Gasteiger partial charge in [0.25, 0.3) is 5.91 Å². The number of nitrogens with zero attached hydrogens (tertiary/aromatic N) is 2. The minimum absolute atomic E-state index is 0.223. The van der Waals surface area contributed by atoms with E-state index >= 15 is 0 Å². The monoisotopic (exact) mass is 531 g/mol. The minimum Gasteiger partial charge on any atom is -0.317 e. The van der Waals surface area contributed by atoms with E-state index in [2.05, 4.69) is 74.3 Å². The van der Waals surface area contributed by atoms with Gasteiger partial charge in [0.05, 0.1) is 11.9 Å². The van der Waals surface area contributed by atoms with Crippen LogP contribution in [0.5, 0.6) is 0 Å². The number of carbonyl (C=O) groups is 1. The molecule has 172 valence electrons. The van der Waals surface area contributed by atoms with Gasteiger partial charge < -0.3 is 4.57 Å². The molecule has 0 spiro atoms. The number of halogens is 1. The van der Waals surface area contributed by atoms with E-state index in [4.69, 9.17) is 0 Å². The summed E-state index contributed by atoms with van der Waals surface area (Å²) >= 11 is 5.48. The number of hydrogen-bond acceptors (Lipinski definition) is 3. The van der Waals surface area contributed by atoms with E-state index in [9.17, 15) is 4.79 Å². The molecule has 4 aromatic rings. The number of nitrogens with one attached hydrogen (secondary N) is 1. The van der Waals surface area contributed by atoms with Crippen LogP contribution in [-0.2, 0) is 11.5 Å². The van der Waals surface area contributed by atoms with Gasteiger partial charge in [0.2, 0.25) is 0 Å². The summed E-state index contributed by atoms with van der Waals surface area (Å²) in [7, 11) is 0. The first-order valence-electron chi connectivity index (χ1n) is 11.0. The van der Waals surface area contributed by atoms with Crippen LogP contribution in [0.4, 0.5) is 0 Å². The molecule has 1 aromatic heterocycles. The maximum absolute atomic E-state index is 12.5. The van der Waals surface area contributed by atoms with Crippen molar-refractivity contribution in [3.8, 4) is 5.69 Å². The lowest BCUT2D eigenvalue weighted by Crippen LogP contribution is -2.17. The summed E-state index contributed by atoms with van der Waals surface area (Å²) < 4.78 is 3.19. The predicted octanol–water partition coefficient (Wildman–Crippen LogP) is 7.05. The lowest BCUT2D eigenvalue weighted by Gasteiger charge is -2.11. The first-order chi connectivity index (χ1) is 16.5. The number of carbonyl (C=O) groups excluding carboxylic acids is 1. The largest absolute Gasteiger partial charge is 0.317 e. The molecule has 0 aliphatic heterocycles. The van der Waals surface area contributed by atoms with Gasteiger partial charge >= 0.3 is 0 Å². The van der Waals surface area contributed by atoms with E-state index in [-0.39, 0.29) is 5.91 Å². The predicted molar refractivity (Wildman–Crippen MR) is 146 cm³/mol. The van der Waals surface area contributed by atoms with Gasteiger partial charge in [-0.15, -0.1) is 0 Å². The molecule has 1 N–H and O–H groups in total. The van der Waals surface area contributed by atoms with E-state index in [1.165, 1.54) is 11.1 Å². The molecule has 6 heteroatoms. The number of thioether (sulfide) groups is 1. The molecule has 3 aromatic carbocycles. The van der Waals surface area contributed by atoms with Crippen LogP contribution >= 0.6 is 27.7 Å². The fourth-order valence-electron chi connectivity index (χ4n) is 3.76. The number of amides is 1. The molecule has 0 fully saturated rings. The highest BCUT2D eigenvalue weighted by Crippen LogP contribution is 2.26. The third kappa shape index (κ3) is 5.88. The zero-order valence-electron chi connectivity index (χ0n) is 19.2. The maximum atomic E-state index is 12.5. The van der Waals surface area contributed by atoms with Crippen molar-refractivity contribution in [1.82, 2.24) is 9.99 Å². The normalized spacial score (nSPS) is 11.1. The molecule has 0 atom stereocenters. The molecule has 1 amide bonds. The molecular formula is C28H26BrN3OS. The second-order valence-corrected chi connectivity index (χ2v) is 9.83. The average molecular weight is 533 g/mol. The van der Waals surface area contributed by atoms with Crippen molar-refractivity contribution < 1.29 is 4.79 Å². The summed E-state index contributed by atoms with van der Waals surface area (Å²) in [4.78, 5) is 12.5. The van der Waals surface area contributed by atoms with E-state index < -0.39 is 0 Å². The quantitative estimate of drug-likeness (QED) is 0.195. The Morgan fingerprint density at radius 1 is 0.941 bits per heavy atom. The molecule has 1 heterocycles. The van der Waals surface area contributed by atoms with E-state index in [1.54, 1.807) is 6.21 Å². The van der Waals surface area contributed by atoms with Crippen LogP contribution in [0.1, 0.15) is 38.4 Å². The Hall–Kier alpha value is -3.09. The second-order valence-electron chi connectivity index (χ2n) is 7.99. The summed E-state index contributed by atoms with van der Waals surface area (Å²) in [6.07, 6.45) is 1.70. The number of hydrogen-bond donors (Lipinski definition) is 1. The highest BCUT2D eigenvalue weighted by molar-refractivity contribution is 9.10. The Labute approximate surface area is 213 Å². The van der Waals surface area contributed by atoms with Gasteiger partial charge in [0.15, 0.2) is 0 Å². The molecule has 0 aliphatic rings. The number of aromatic nitrogens is 1. The van der Waals surface area contributed by atoms with E-state index in [0.717, 1.165) is 38.6 Å². The third-order valence-corrected chi connectivity index (χ3v) is 7.28. The van der Waals surface area contributed by atoms with Crippen LogP contribution in [0.15, 0.2) is 94.5 Å². The molecule has 0 saturated heterocycles. The molecule has 0 bridgehead atoms. The van der Waals surface area contributed by atoms with Crippen LogP contribution in [-0.4, -0.2) is 16.7 Å². The lowest BCUT2D eigenvalue weighted by molar-refractivity contribution is 0.0955. The van der Waals surface area contributed by atoms with E-state index in [1.807, 2.05) is 67.2 Å². The molecule has 0 unspecified atom stereocenters. The molecular weight excluding hydrogens is 506 g/mol. The van der Waals surface area contributed by atoms with Gasteiger partial charge in [0, 0.05) is 38.5 Å². The van der Waals surface area contributed by atoms with Gasteiger partial charge in [-0.25, -0.2) is 5.43 Å². The zero-order valence-corrected chi connectivity index (χ0v) is 21.6. The molecule has 4 rings (SSSR count). The van der Waals surface area contributed by atoms with Crippen molar-refractivity contribution in [1.29, 1.82) is 0 Å². The van der Waals surface area contributed by atoms with Crippen molar-refractivity contribution >= 4 is 39.8 Å². The Morgan fingerprint density at radius 3 is 2.29 bits per heavy atom. The number of rotatable bonds is 8. The van der Waals surface area contributed by atoms with Crippen molar-refractivity contribution in [2.24, 2.45) is 5.10 Å². The van der Waals surface area contributed by atoms with Crippen LogP contribution < -0.4 is 5.43 Å². The summed E-state index contributed by atoms with van der Waals surface area (Å²) in [5, 5.41) is 4.20. The summed E-state index contributed by atoms with van der Waals surface area (Å²) in [6.45, 7) is 4.10. The topological polar surface area (TPSA) is 46.4 Å². The van der Waals surface area contributed by atoms with Gasteiger partial charge in [-0.05, 0) is 71.2 Å². The number of hydrazone groups is 1. The lowest BCUT2D eigenvalue weighted by atomic mass is 10.1. The molecule has 0 radical (unpaired) electrons. The maximum Gasteiger partial charge on any atom is 0.271 e. The molecule has 4 nitrogen and oxygen atoms in total. The summed E-state index contributed by atoms with van der Waals surface area (Å²) in [6, 6.07) is 28.3. The van der Waals surface area contributed by atoms with Gasteiger partial charge in [-0.2, -0.15) is 16.9 Å². The van der Waals surface area contributed by atoms with Crippen LogP contribution in [0.3, 0.4) is 0 Å². The van der Waals surface area contributed by atoms with Gasteiger partial charge in [-0.3, -0.25) is 4.79 Å². The number of aryl methyl sites for hydroxylation is 1. The first kappa shape index (κ1) is 24.0. The van der Waals surface area contributed by atoms with Gasteiger partial charge in [-0.1, -0.05) is 54.6 Å². The summed E-state index contributed by atoms with van der Waals surface area (Å²) in [5.41, 5.74) is 9.93. The van der Waals surface area contributed by atoms with E-state index in [0.29, 0.717) is 5.56 Å². The highest BCUT2D eigenvalue weighted by atomic mass is 79.9. The van der Waals surface area contributed by atoms with Crippen molar-refractivity contribution in [3.05, 3.63) is 123 Å². The fraction of sp³-hybridized carbons (Fsp3) is 0.143. The Morgan fingerprint density at radius 2 is 1.59 bits per heavy atom. The Bertz CT molecular complexity index is 1300. The Kier molecular flexibility index (Phi) is 8.03. The molecule has 0 saturated carbocycles. The third-order valence-electron chi connectivity index (χ3n) is 5.53. The van der Waals surface area contributed by atoms with Crippen molar-refractivity contribution in [2.45, 2.75) is 25.4 Å². The molecule has 34 heavy (non-hydrogen) atoms. The Balaban J connectivity index is 1.34. The smallest absolute Gasteiger partial charge is 0.271 e. The fourth-order valence-corrected chi connectivity index (χ4v) is 5.18. The first-order valence-corrected chi connectivity index (χ1v) is 13.0. The molecule has 0 aliphatic carbocycles. The summed E-state index contributed by atoms with van der Waals surface area (Å²) in [5.74, 6) is 1.65. The van der Waals surface area contributed by atoms with Gasteiger partial charge in [0.1, 0.15) is 0 Å². The van der Waals surface area contributed by atoms with Crippen LogP contribution in [0.25, 0.3) is 5.69 Å². The average Bonchev–Trinajstić information content (AvgIpc) is 3.13. The standard InChI is InChI=1S/C28H26BrN3OS/c1-20-16-25(21(2)32(20)27-11-7-6-10-26(27)29)17-30-31-28(33)24-14-12-23(13-15-24)19-34-18-22-8-4-3-5-9-22/h3-17H,18-19H2,1-2H3,(H,31,33)/b30-17-. The van der Waals surface area contributed by atoms with Crippen molar-refractivity contribution in [3.63, 3.8) is 0 Å². The van der Waals surface area contributed by atoms with Crippen molar-refractivity contribution in [2.75, 3.05) is 0 Å². The van der Waals surface area contributed by atoms with Crippen LogP contribution in [0, 0.1) is 13.8 Å². The highest BCUT2D eigenvalue weighted by Gasteiger charge is 2.12. The second kappa shape index (κ2) is 11.4. The SMILES string of the molecule is Cc1cc(/C=N\NC(=O)c2ccc(CSCc3ccccc3)cc2)c(C)n1-c1ccccc1Br. The minimum atomic E-state index is -0.223. The van der Waals surface area contributed by atoms with Crippen LogP contribution in [0.2, 0.25) is 0 Å². The zero-order chi connectivity index (χ0) is 23.9. The number of para-hydroxylation sites is 1. The number of benzene rings is 3.